The number of hydrogen-bond donors (Lipinski definition) is 0. The maximum Gasteiger partial charge on any atom is 0.417 e. The summed E-state index contributed by atoms with van der Waals surface area (Å²) in [6, 6.07) is 2.65. The van der Waals surface area contributed by atoms with E-state index in [4.69, 9.17) is 5.26 Å². The summed E-state index contributed by atoms with van der Waals surface area (Å²) in [5.74, 6) is -1.14. The molecule has 0 aromatic carbocycles. The Kier molecular flexibility index (Phi) is 3.84. The Labute approximate surface area is 95.9 Å². The summed E-state index contributed by atoms with van der Waals surface area (Å²) < 4.78 is 37.2. The van der Waals surface area contributed by atoms with Crippen LogP contribution in [0.1, 0.15) is 30.4 Å². The van der Waals surface area contributed by atoms with Gasteiger partial charge in [-0.25, -0.2) is 0 Å². The number of carbonyl (C=O) groups excluding carboxylic acids is 1. The minimum atomic E-state index is -4.50. The van der Waals surface area contributed by atoms with Crippen LogP contribution in [0.2, 0.25) is 0 Å². The van der Waals surface area contributed by atoms with Gasteiger partial charge >= 0.3 is 6.18 Å². The lowest BCUT2D eigenvalue weighted by Gasteiger charge is -2.10. The van der Waals surface area contributed by atoms with E-state index in [2.05, 4.69) is 4.98 Å². The smallest absolute Gasteiger partial charge is 0.300 e. The number of ketones is 1. The number of alkyl halides is 3. The largest absolute Gasteiger partial charge is 0.417 e. The topological polar surface area (TPSA) is 53.8 Å². The molecule has 0 fully saturated rings. The molecule has 1 rings (SSSR count). The van der Waals surface area contributed by atoms with Gasteiger partial charge in [0.2, 0.25) is 0 Å². The molecule has 1 heterocycles. The number of halogens is 3. The first kappa shape index (κ1) is 13.2. The number of rotatable bonds is 3. The normalized spacial score (nSPS) is 12.9. The summed E-state index contributed by atoms with van der Waals surface area (Å²) in [6.07, 6.45) is -2.75. The van der Waals surface area contributed by atoms with Gasteiger partial charge in [-0.3, -0.25) is 9.78 Å². The Hall–Kier alpha value is -1.90. The van der Waals surface area contributed by atoms with E-state index in [9.17, 15) is 18.0 Å². The summed E-state index contributed by atoms with van der Waals surface area (Å²) in [6.45, 7) is 1.28. The highest BCUT2D eigenvalue weighted by atomic mass is 19.4. The first-order valence-corrected chi connectivity index (χ1v) is 4.75. The monoisotopic (exact) mass is 242 g/mol. The summed E-state index contributed by atoms with van der Waals surface area (Å²) in [5, 5.41) is 8.81. The molecule has 1 aromatic rings. The van der Waals surface area contributed by atoms with E-state index < -0.39 is 17.7 Å². The Morgan fingerprint density at radius 2 is 2.18 bits per heavy atom. The van der Waals surface area contributed by atoms with Crippen molar-refractivity contribution in [3.63, 3.8) is 0 Å². The summed E-state index contributed by atoms with van der Waals surface area (Å²) in [7, 11) is 0. The number of Topliss-reactive ketones (excluding diaryl/α,β-unsaturated/α-hetero) is 1. The molecule has 0 aliphatic heterocycles. The van der Waals surface area contributed by atoms with Gasteiger partial charge in [-0.15, -0.1) is 0 Å². The fourth-order valence-corrected chi connectivity index (χ4v) is 1.33. The number of nitriles is 1. The zero-order valence-corrected chi connectivity index (χ0v) is 8.95. The average molecular weight is 242 g/mol. The van der Waals surface area contributed by atoms with Crippen LogP contribution >= 0.6 is 0 Å². The fraction of sp³-hybridized carbons (Fsp3) is 0.364. The van der Waals surface area contributed by atoms with Gasteiger partial charge in [0, 0.05) is 18.8 Å². The molecule has 0 saturated carbocycles. The number of carbonyl (C=O) groups is 1. The molecule has 0 saturated heterocycles. The molecule has 0 aliphatic carbocycles. The lowest BCUT2D eigenvalue weighted by molar-refractivity contribution is -0.137. The summed E-state index contributed by atoms with van der Waals surface area (Å²) in [4.78, 5) is 14.3. The summed E-state index contributed by atoms with van der Waals surface area (Å²) in [5.41, 5.74) is -0.809. The van der Waals surface area contributed by atoms with Crippen molar-refractivity contribution >= 4 is 5.78 Å². The zero-order valence-electron chi connectivity index (χ0n) is 8.95. The first-order chi connectivity index (χ1) is 7.84. The number of nitrogens with zero attached hydrogens (tertiary/aromatic N) is 2. The minimum Gasteiger partial charge on any atom is -0.300 e. The second-order valence-corrected chi connectivity index (χ2v) is 3.59. The standard InChI is InChI=1S/C11H9F3N2O/c1-7(17)2-8(4-15)9-3-10(6-16-5-9)11(12,13)14/h3,5-6,8H,2H2,1H3. The second kappa shape index (κ2) is 4.95. The SMILES string of the molecule is CC(=O)CC(C#N)c1cncc(C(F)(F)F)c1. The molecular formula is C11H9F3N2O. The Balaban J connectivity index is 3.06. The molecule has 0 radical (unpaired) electrons. The van der Waals surface area contributed by atoms with Crippen LogP contribution in [-0.4, -0.2) is 10.8 Å². The fourth-order valence-electron chi connectivity index (χ4n) is 1.33. The predicted octanol–water partition coefficient (Wildman–Crippen LogP) is 2.69. The van der Waals surface area contributed by atoms with Crippen LogP contribution < -0.4 is 0 Å². The molecule has 3 nitrogen and oxygen atoms in total. The maximum atomic E-state index is 12.4. The third-order valence-electron chi connectivity index (χ3n) is 2.14. The molecule has 17 heavy (non-hydrogen) atoms. The quantitative estimate of drug-likeness (QED) is 0.818. The van der Waals surface area contributed by atoms with Gasteiger partial charge in [-0.05, 0) is 18.6 Å². The number of aromatic nitrogens is 1. The summed E-state index contributed by atoms with van der Waals surface area (Å²) >= 11 is 0. The lowest BCUT2D eigenvalue weighted by Crippen LogP contribution is -2.08. The Bertz CT molecular complexity index is 463. The van der Waals surface area contributed by atoms with Crippen molar-refractivity contribution in [1.82, 2.24) is 4.98 Å². The third-order valence-corrected chi connectivity index (χ3v) is 2.14. The van der Waals surface area contributed by atoms with Crippen molar-refractivity contribution in [3.8, 4) is 6.07 Å². The molecule has 1 unspecified atom stereocenters. The molecule has 6 heteroatoms. The van der Waals surface area contributed by atoms with E-state index in [1.165, 1.54) is 13.1 Å². The van der Waals surface area contributed by atoms with Crippen molar-refractivity contribution in [2.45, 2.75) is 25.4 Å². The zero-order chi connectivity index (χ0) is 13.1. The van der Waals surface area contributed by atoms with Gasteiger partial charge < -0.3 is 0 Å². The van der Waals surface area contributed by atoms with E-state index in [0.717, 1.165) is 6.07 Å². The molecule has 0 bridgehead atoms. The molecule has 0 amide bonds. The molecular weight excluding hydrogens is 233 g/mol. The first-order valence-electron chi connectivity index (χ1n) is 4.75. The second-order valence-electron chi connectivity index (χ2n) is 3.59. The minimum absolute atomic E-state index is 0.109. The molecule has 1 atom stereocenters. The van der Waals surface area contributed by atoms with Gasteiger partial charge in [0.15, 0.2) is 0 Å². The van der Waals surface area contributed by atoms with E-state index in [-0.39, 0.29) is 17.8 Å². The van der Waals surface area contributed by atoms with Crippen molar-refractivity contribution in [3.05, 3.63) is 29.6 Å². The van der Waals surface area contributed by atoms with Crippen molar-refractivity contribution in [2.75, 3.05) is 0 Å². The predicted molar refractivity (Wildman–Crippen MR) is 52.9 cm³/mol. The van der Waals surface area contributed by atoms with Crippen LogP contribution in [0.25, 0.3) is 0 Å². The van der Waals surface area contributed by atoms with E-state index >= 15 is 0 Å². The highest BCUT2D eigenvalue weighted by molar-refractivity contribution is 5.76. The molecule has 0 aliphatic rings. The van der Waals surface area contributed by atoms with E-state index in [1.54, 1.807) is 6.07 Å². The van der Waals surface area contributed by atoms with Crippen LogP contribution in [0.3, 0.4) is 0 Å². The highest BCUT2D eigenvalue weighted by Gasteiger charge is 2.31. The third kappa shape index (κ3) is 3.55. The highest BCUT2D eigenvalue weighted by Crippen LogP contribution is 2.30. The van der Waals surface area contributed by atoms with E-state index in [0.29, 0.717) is 6.20 Å². The lowest BCUT2D eigenvalue weighted by atomic mass is 9.96. The average Bonchev–Trinajstić information content (AvgIpc) is 2.24. The molecule has 0 N–H and O–H groups in total. The maximum absolute atomic E-state index is 12.4. The van der Waals surface area contributed by atoms with Crippen molar-refractivity contribution in [1.29, 1.82) is 5.26 Å². The van der Waals surface area contributed by atoms with Gasteiger partial charge in [-0.2, -0.15) is 18.4 Å². The molecule has 90 valence electrons. The van der Waals surface area contributed by atoms with Crippen LogP contribution in [-0.2, 0) is 11.0 Å². The van der Waals surface area contributed by atoms with E-state index in [1.807, 2.05) is 0 Å². The van der Waals surface area contributed by atoms with Crippen LogP contribution in [0.4, 0.5) is 13.2 Å². The van der Waals surface area contributed by atoms with Gasteiger partial charge in [0.1, 0.15) is 5.78 Å². The van der Waals surface area contributed by atoms with Crippen LogP contribution in [0.15, 0.2) is 18.5 Å². The van der Waals surface area contributed by atoms with Gasteiger partial charge in [-0.1, -0.05) is 0 Å². The number of pyridine rings is 1. The number of hydrogen-bond acceptors (Lipinski definition) is 3. The van der Waals surface area contributed by atoms with Crippen molar-refractivity contribution in [2.24, 2.45) is 0 Å². The van der Waals surface area contributed by atoms with Crippen LogP contribution in [0, 0.1) is 11.3 Å². The van der Waals surface area contributed by atoms with Crippen LogP contribution in [0.5, 0.6) is 0 Å². The van der Waals surface area contributed by atoms with Gasteiger partial charge in [0.05, 0.1) is 17.6 Å². The molecule has 1 aromatic heterocycles. The van der Waals surface area contributed by atoms with Gasteiger partial charge in [0.25, 0.3) is 0 Å². The Morgan fingerprint density at radius 1 is 1.53 bits per heavy atom. The Morgan fingerprint density at radius 3 is 2.65 bits per heavy atom. The molecule has 0 spiro atoms. The van der Waals surface area contributed by atoms with Crippen molar-refractivity contribution < 1.29 is 18.0 Å².